The first-order valence-corrected chi connectivity index (χ1v) is 7.60. The molecule has 0 atom stereocenters. The van der Waals surface area contributed by atoms with E-state index in [4.69, 9.17) is 4.74 Å². The van der Waals surface area contributed by atoms with Crippen LogP contribution < -0.4 is 4.74 Å². The number of carbonyl (C=O) groups is 1. The number of carbonyl (C=O) groups excluding carboxylic acids is 1. The molecule has 0 fully saturated rings. The fourth-order valence-corrected chi connectivity index (χ4v) is 3.46. The highest BCUT2D eigenvalue weighted by atomic mass is 79.9. The van der Waals surface area contributed by atoms with Crippen molar-refractivity contribution in [2.45, 2.75) is 19.8 Å². The summed E-state index contributed by atoms with van der Waals surface area (Å²) < 4.78 is 7.88. The van der Waals surface area contributed by atoms with Crippen molar-refractivity contribution in [2.24, 2.45) is 7.05 Å². The molecule has 0 aromatic carbocycles. The van der Waals surface area contributed by atoms with Gasteiger partial charge in [-0.15, -0.1) is 11.3 Å². The molecule has 0 aliphatic rings. The molecule has 4 nitrogen and oxygen atoms in total. The number of halogens is 1. The highest BCUT2D eigenvalue weighted by molar-refractivity contribution is 9.10. The van der Waals surface area contributed by atoms with Gasteiger partial charge in [0.2, 0.25) is 0 Å². The summed E-state index contributed by atoms with van der Waals surface area (Å²) in [5.74, 6) is 0.696. The third-order valence-electron chi connectivity index (χ3n) is 2.93. The Morgan fingerprint density at radius 3 is 2.89 bits per heavy atom. The minimum Gasteiger partial charge on any atom is -0.495 e. The lowest BCUT2D eigenvalue weighted by Crippen LogP contribution is -2.08. The summed E-state index contributed by atoms with van der Waals surface area (Å²) in [6, 6.07) is 1.81. The van der Waals surface area contributed by atoms with Crippen molar-refractivity contribution < 1.29 is 9.53 Å². The zero-order chi connectivity index (χ0) is 14.0. The standard InChI is InChI=1S/C13H15BrN2O2S/c1-4-8-12(14)9(16(2)15-8)7-10(17)13-11(18-3)5-6-19-13/h5-6H,4,7H2,1-3H3. The summed E-state index contributed by atoms with van der Waals surface area (Å²) >= 11 is 4.93. The van der Waals surface area contributed by atoms with E-state index >= 15 is 0 Å². The van der Waals surface area contributed by atoms with Crippen LogP contribution in [0.25, 0.3) is 0 Å². The molecule has 2 heterocycles. The third-order valence-corrected chi connectivity index (χ3v) is 4.79. The van der Waals surface area contributed by atoms with Crippen molar-refractivity contribution in [3.8, 4) is 5.75 Å². The number of methoxy groups -OCH3 is 1. The number of ether oxygens (including phenoxy) is 1. The van der Waals surface area contributed by atoms with Crippen molar-refractivity contribution in [3.05, 3.63) is 32.2 Å². The van der Waals surface area contributed by atoms with Gasteiger partial charge in [0.25, 0.3) is 0 Å². The summed E-state index contributed by atoms with van der Waals surface area (Å²) in [6.45, 7) is 2.04. The molecule has 0 unspecified atom stereocenters. The molecule has 0 radical (unpaired) electrons. The largest absolute Gasteiger partial charge is 0.495 e. The lowest BCUT2D eigenvalue weighted by Gasteiger charge is -2.03. The molecule has 0 aliphatic heterocycles. The van der Waals surface area contributed by atoms with E-state index in [-0.39, 0.29) is 5.78 Å². The van der Waals surface area contributed by atoms with Crippen LogP contribution in [0.15, 0.2) is 15.9 Å². The molecule has 0 spiro atoms. The Bertz CT molecular complexity index is 604. The minimum absolute atomic E-state index is 0.0539. The molecule has 0 saturated heterocycles. The summed E-state index contributed by atoms with van der Waals surface area (Å²) in [6.07, 6.45) is 1.16. The van der Waals surface area contributed by atoms with Crippen LogP contribution in [-0.2, 0) is 19.9 Å². The van der Waals surface area contributed by atoms with Crippen LogP contribution in [0.5, 0.6) is 5.75 Å². The minimum atomic E-state index is 0.0539. The van der Waals surface area contributed by atoms with E-state index < -0.39 is 0 Å². The Labute approximate surface area is 124 Å². The molecule has 0 N–H and O–H groups in total. The first-order chi connectivity index (χ1) is 9.08. The maximum atomic E-state index is 12.3. The number of ketones is 1. The van der Waals surface area contributed by atoms with Gasteiger partial charge < -0.3 is 4.74 Å². The van der Waals surface area contributed by atoms with E-state index in [1.165, 1.54) is 11.3 Å². The fourth-order valence-electron chi connectivity index (χ4n) is 1.91. The zero-order valence-corrected chi connectivity index (χ0v) is 13.5. The van der Waals surface area contributed by atoms with E-state index in [0.29, 0.717) is 17.0 Å². The molecule has 0 aliphatic carbocycles. The molecule has 6 heteroatoms. The van der Waals surface area contributed by atoms with Gasteiger partial charge in [-0.25, -0.2) is 0 Å². The summed E-state index contributed by atoms with van der Waals surface area (Å²) in [5.41, 5.74) is 1.88. The van der Waals surface area contributed by atoms with Crippen LogP contribution in [0.4, 0.5) is 0 Å². The molecule has 19 heavy (non-hydrogen) atoms. The van der Waals surface area contributed by atoms with E-state index in [0.717, 1.165) is 22.3 Å². The second-order valence-electron chi connectivity index (χ2n) is 4.10. The SMILES string of the molecule is CCc1nn(C)c(CC(=O)c2sccc2OC)c1Br. The quantitative estimate of drug-likeness (QED) is 0.783. The van der Waals surface area contributed by atoms with Gasteiger partial charge in [0.15, 0.2) is 5.78 Å². The van der Waals surface area contributed by atoms with Crippen molar-refractivity contribution in [1.82, 2.24) is 9.78 Å². The number of nitrogens with zero attached hydrogens (tertiary/aromatic N) is 2. The molecular formula is C13H15BrN2O2S. The molecule has 0 bridgehead atoms. The van der Waals surface area contributed by atoms with Crippen molar-refractivity contribution in [2.75, 3.05) is 7.11 Å². The number of hydrogen-bond donors (Lipinski definition) is 0. The lowest BCUT2D eigenvalue weighted by atomic mass is 10.1. The summed E-state index contributed by atoms with van der Waals surface area (Å²) in [5, 5.41) is 6.26. The second-order valence-corrected chi connectivity index (χ2v) is 5.81. The van der Waals surface area contributed by atoms with Crippen LogP contribution in [0.3, 0.4) is 0 Å². The van der Waals surface area contributed by atoms with Crippen LogP contribution in [0, 0.1) is 0 Å². The Balaban J connectivity index is 2.27. The second kappa shape index (κ2) is 5.88. The zero-order valence-electron chi connectivity index (χ0n) is 11.1. The monoisotopic (exact) mass is 342 g/mol. The molecule has 0 saturated carbocycles. The molecular weight excluding hydrogens is 328 g/mol. The smallest absolute Gasteiger partial charge is 0.182 e. The summed E-state index contributed by atoms with van der Waals surface area (Å²) in [7, 11) is 3.44. The van der Waals surface area contributed by atoms with Gasteiger partial charge in [-0.2, -0.15) is 5.10 Å². The first-order valence-electron chi connectivity index (χ1n) is 5.93. The van der Waals surface area contributed by atoms with Crippen molar-refractivity contribution in [1.29, 1.82) is 0 Å². The number of thiophene rings is 1. The third kappa shape index (κ3) is 2.74. The number of aromatic nitrogens is 2. The van der Waals surface area contributed by atoms with Crippen LogP contribution in [-0.4, -0.2) is 22.7 Å². The highest BCUT2D eigenvalue weighted by Crippen LogP contribution is 2.28. The average Bonchev–Trinajstić information content (AvgIpc) is 2.97. The van der Waals surface area contributed by atoms with Gasteiger partial charge in [0.1, 0.15) is 10.6 Å². The molecule has 2 rings (SSSR count). The van der Waals surface area contributed by atoms with Crippen molar-refractivity contribution in [3.63, 3.8) is 0 Å². The van der Waals surface area contributed by atoms with E-state index in [9.17, 15) is 4.79 Å². The van der Waals surface area contributed by atoms with Gasteiger partial charge in [-0.1, -0.05) is 6.92 Å². The Morgan fingerprint density at radius 1 is 1.58 bits per heavy atom. The van der Waals surface area contributed by atoms with Crippen LogP contribution >= 0.6 is 27.3 Å². The van der Waals surface area contributed by atoms with Gasteiger partial charge in [-0.3, -0.25) is 9.48 Å². The molecule has 2 aromatic rings. The van der Waals surface area contributed by atoms with Crippen molar-refractivity contribution >= 4 is 33.0 Å². The number of hydrogen-bond acceptors (Lipinski definition) is 4. The molecule has 2 aromatic heterocycles. The highest BCUT2D eigenvalue weighted by Gasteiger charge is 2.19. The number of Topliss-reactive ketones (excluding diaryl/α,β-unsaturated/α-hetero) is 1. The van der Waals surface area contributed by atoms with Crippen LogP contribution in [0.1, 0.15) is 28.0 Å². The maximum absolute atomic E-state index is 12.3. The topological polar surface area (TPSA) is 44.1 Å². The van der Waals surface area contributed by atoms with E-state index in [1.54, 1.807) is 11.8 Å². The normalized spacial score (nSPS) is 10.7. The predicted molar refractivity (Wildman–Crippen MR) is 79.2 cm³/mol. The lowest BCUT2D eigenvalue weighted by molar-refractivity contribution is 0.0992. The Morgan fingerprint density at radius 2 is 2.32 bits per heavy atom. The number of aryl methyl sites for hydroxylation is 2. The average molecular weight is 343 g/mol. The molecule has 0 amide bonds. The van der Waals surface area contributed by atoms with E-state index in [1.807, 2.05) is 25.4 Å². The maximum Gasteiger partial charge on any atom is 0.182 e. The number of rotatable bonds is 5. The van der Waals surface area contributed by atoms with Gasteiger partial charge in [0, 0.05) is 7.05 Å². The molecule has 102 valence electrons. The Kier molecular flexibility index (Phi) is 4.42. The summed E-state index contributed by atoms with van der Waals surface area (Å²) in [4.78, 5) is 13.0. The fraction of sp³-hybridized carbons (Fsp3) is 0.385. The van der Waals surface area contributed by atoms with Crippen LogP contribution in [0.2, 0.25) is 0 Å². The van der Waals surface area contributed by atoms with E-state index in [2.05, 4.69) is 21.0 Å². The van der Waals surface area contributed by atoms with Gasteiger partial charge in [0.05, 0.1) is 29.4 Å². The Hall–Kier alpha value is -1.14. The van der Waals surface area contributed by atoms with Gasteiger partial charge in [-0.05, 0) is 33.8 Å². The predicted octanol–water partition coefficient (Wildman–Crippen LogP) is 3.24. The first kappa shape index (κ1) is 14.3. The van der Waals surface area contributed by atoms with Gasteiger partial charge >= 0.3 is 0 Å².